The zero-order chi connectivity index (χ0) is 24.6. The quantitative estimate of drug-likeness (QED) is 0.534. The van der Waals surface area contributed by atoms with Crippen LogP contribution in [0.1, 0.15) is 60.9 Å². The predicted octanol–water partition coefficient (Wildman–Crippen LogP) is 5.37. The Balaban J connectivity index is 1.64. The Labute approximate surface area is 197 Å². The summed E-state index contributed by atoms with van der Waals surface area (Å²) in [6.45, 7) is 8.05. The SMILES string of the molecule is CCN1Cc2c(ccnc2N[C@@H](C)c2cc(F)c(-c3ccnc(C(C)(C)C#N)c3)cc2F)C1=O. The van der Waals surface area contributed by atoms with E-state index in [1.54, 1.807) is 43.9 Å². The summed E-state index contributed by atoms with van der Waals surface area (Å²) in [7, 11) is 0. The first-order valence-electron chi connectivity index (χ1n) is 11.1. The number of amides is 1. The number of aromatic nitrogens is 2. The summed E-state index contributed by atoms with van der Waals surface area (Å²) in [6.07, 6.45) is 3.02. The van der Waals surface area contributed by atoms with E-state index in [4.69, 9.17) is 0 Å². The Bertz CT molecular complexity index is 1320. The number of halogens is 2. The molecule has 0 saturated carbocycles. The van der Waals surface area contributed by atoms with Gasteiger partial charge >= 0.3 is 0 Å². The third-order valence-corrected chi connectivity index (χ3v) is 6.20. The van der Waals surface area contributed by atoms with E-state index in [1.807, 2.05) is 6.92 Å². The topological polar surface area (TPSA) is 81.9 Å². The van der Waals surface area contributed by atoms with Gasteiger partial charge in [-0.05, 0) is 63.6 Å². The average Bonchev–Trinajstić information content (AvgIpc) is 3.17. The molecule has 0 unspecified atom stereocenters. The van der Waals surface area contributed by atoms with E-state index >= 15 is 8.78 Å². The summed E-state index contributed by atoms with van der Waals surface area (Å²) in [5.41, 5.74) is 1.62. The maximum atomic E-state index is 15.2. The second-order valence-electron chi connectivity index (χ2n) is 8.89. The number of nitrogens with zero attached hydrogens (tertiary/aromatic N) is 4. The first-order valence-corrected chi connectivity index (χ1v) is 11.1. The number of nitriles is 1. The Morgan fingerprint density at radius 2 is 1.88 bits per heavy atom. The fourth-order valence-corrected chi connectivity index (χ4v) is 4.06. The summed E-state index contributed by atoms with van der Waals surface area (Å²) in [5.74, 6) is -0.743. The molecule has 3 heterocycles. The molecule has 1 N–H and O–H groups in total. The molecular formula is C26H25F2N5O. The maximum Gasteiger partial charge on any atom is 0.254 e. The lowest BCUT2D eigenvalue weighted by molar-refractivity contribution is 0.0787. The first-order chi connectivity index (χ1) is 16.2. The van der Waals surface area contributed by atoms with Crippen LogP contribution in [0.4, 0.5) is 14.6 Å². The van der Waals surface area contributed by atoms with Crippen molar-refractivity contribution in [1.82, 2.24) is 14.9 Å². The molecule has 0 radical (unpaired) electrons. The Morgan fingerprint density at radius 1 is 1.15 bits per heavy atom. The third kappa shape index (κ3) is 4.10. The van der Waals surface area contributed by atoms with Crippen molar-refractivity contribution in [3.8, 4) is 17.2 Å². The number of nitrogens with one attached hydrogen (secondary N) is 1. The lowest BCUT2D eigenvalue weighted by atomic mass is 9.89. The van der Waals surface area contributed by atoms with Gasteiger partial charge in [0.1, 0.15) is 17.5 Å². The van der Waals surface area contributed by atoms with Crippen LogP contribution >= 0.6 is 0 Å². The summed E-state index contributed by atoms with van der Waals surface area (Å²) in [4.78, 5) is 22.7. The Hall–Kier alpha value is -3.86. The number of benzene rings is 1. The van der Waals surface area contributed by atoms with Gasteiger partial charge in [0.05, 0.1) is 29.8 Å². The standard InChI is InChI=1S/C26H25F2N5O/c1-5-33-13-20-17(25(33)34)7-9-31-24(20)32-15(2)18-11-22(28)19(12-21(18)27)16-6-8-30-23(10-16)26(3,4)14-29/h6-12,15H,5,13H2,1-4H3,(H,31,32)/t15-/m0/s1. The number of hydrogen-bond acceptors (Lipinski definition) is 5. The van der Waals surface area contributed by atoms with E-state index in [1.165, 1.54) is 18.5 Å². The highest BCUT2D eigenvalue weighted by Gasteiger charge is 2.30. The van der Waals surface area contributed by atoms with Gasteiger partial charge < -0.3 is 10.2 Å². The predicted molar refractivity (Wildman–Crippen MR) is 125 cm³/mol. The van der Waals surface area contributed by atoms with Crippen LogP contribution in [-0.2, 0) is 12.0 Å². The van der Waals surface area contributed by atoms with E-state index < -0.39 is 23.1 Å². The average molecular weight is 462 g/mol. The van der Waals surface area contributed by atoms with Crippen LogP contribution in [0.2, 0.25) is 0 Å². The minimum atomic E-state index is -0.860. The van der Waals surface area contributed by atoms with Gasteiger partial charge in [0.2, 0.25) is 0 Å². The molecule has 0 fully saturated rings. The third-order valence-electron chi connectivity index (χ3n) is 6.20. The Morgan fingerprint density at radius 3 is 2.59 bits per heavy atom. The highest BCUT2D eigenvalue weighted by atomic mass is 19.1. The number of carbonyl (C=O) groups is 1. The minimum absolute atomic E-state index is 0.0616. The molecule has 1 aliphatic rings. The van der Waals surface area contributed by atoms with Gasteiger partial charge in [0.25, 0.3) is 5.91 Å². The minimum Gasteiger partial charge on any atom is -0.363 e. The zero-order valence-corrected chi connectivity index (χ0v) is 19.5. The lowest BCUT2D eigenvalue weighted by Gasteiger charge is -2.19. The van der Waals surface area contributed by atoms with Crippen molar-refractivity contribution in [3.05, 3.63) is 76.7 Å². The largest absolute Gasteiger partial charge is 0.363 e. The second-order valence-corrected chi connectivity index (χ2v) is 8.89. The molecule has 4 rings (SSSR count). The van der Waals surface area contributed by atoms with E-state index in [9.17, 15) is 10.1 Å². The van der Waals surface area contributed by atoms with Gasteiger partial charge in [-0.15, -0.1) is 0 Å². The molecular weight excluding hydrogens is 436 g/mol. The van der Waals surface area contributed by atoms with Crippen molar-refractivity contribution in [1.29, 1.82) is 5.26 Å². The molecule has 1 aliphatic heterocycles. The monoisotopic (exact) mass is 461 g/mol. The summed E-state index contributed by atoms with van der Waals surface area (Å²) in [5, 5.41) is 12.5. The fraction of sp³-hybridized carbons (Fsp3) is 0.308. The summed E-state index contributed by atoms with van der Waals surface area (Å²) >= 11 is 0. The lowest BCUT2D eigenvalue weighted by Crippen LogP contribution is -2.22. The van der Waals surface area contributed by atoms with Crippen LogP contribution in [0.25, 0.3) is 11.1 Å². The first kappa shape index (κ1) is 23.3. The van der Waals surface area contributed by atoms with Gasteiger partial charge in [0.15, 0.2) is 0 Å². The van der Waals surface area contributed by atoms with Crippen molar-refractivity contribution in [2.24, 2.45) is 0 Å². The molecule has 34 heavy (non-hydrogen) atoms. The molecule has 174 valence electrons. The van der Waals surface area contributed by atoms with Crippen LogP contribution in [0.5, 0.6) is 0 Å². The molecule has 6 nitrogen and oxygen atoms in total. The van der Waals surface area contributed by atoms with Crippen molar-refractivity contribution >= 4 is 11.7 Å². The molecule has 0 bridgehead atoms. The van der Waals surface area contributed by atoms with Gasteiger partial charge in [-0.3, -0.25) is 9.78 Å². The van der Waals surface area contributed by atoms with Crippen LogP contribution < -0.4 is 5.32 Å². The number of pyridine rings is 2. The number of rotatable bonds is 6. The molecule has 3 aromatic rings. The highest BCUT2D eigenvalue weighted by molar-refractivity contribution is 5.99. The number of fused-ring (bicyclic) bond motifs is 1. The Kier molecular flexibility index (Phi) is 6.05. The zero-order valence-electron chi connectivity index (χ0n) is 19.5. The molecule has 1 aromatic carbocycles. The molecule has 8 heteroatoms. The number of hydrogen-bond donors (Lipinski definition) is 1. The van der Waals surface area contributed by atoms with Gasteiger partial charge in [-0.25, -0.2) is 13.8 Å². The van der Waals surface area contributed by atoms with Crippen molar-refractivity contribution in [2.45, 2.75) is 45.7 Å². The van der Waals surface area contributed by atoms with Crippen LogP contribution in [-0.4, -0.2) is 27.3 Å². The molecule has 0 aliphatic carbocycles. The van der Waals surface area contributed by atoms with Crippen molar-refractivity contribution < 1.29 is 13.6 Å². The van der Waals surface area contributed by atoms with E-state index in [2.05, 4.69) is 21.4 Å². The number of anilines is 1. The van der Waals surface area contributed by atoms with Gasteiger partial charge in [-0.2, -0.15) is 5.26 Å². The van der Waals surface area contributed by atoms with Gasteiger partial charge in [0, 0.05) is 41.2 Å². The van der Waals surface area contributed by atoms with E-state index in [0.29, 0.717) is 35.7 Å². The summed E-state index contributed by atoms with van der Waals surface area (Å²) < 4.78 is 30.3. The van der Waals surface area contributed by atoms with Crippen LogP contribution in [0.15, 0.2) is 42.7 Å². The maximum absolute atomic E-state index is 15.2. The fourth-order valence-electron chi connectivity index (χ4n) is 4.06. The molecule has 0 saturated heterocycles. The second kappa shape index (κ2) is 8.82. The molecule has 1 amide bonds. The molecule has 2 aromatic heterocycles. The van der Waals surface area contributed by atoms with Crippen LogP contribution in [0, 0.1) is 23.0 Å². The van der Waals surface area contributed by atoms with E-state index in [0.717, 1.165) is 11.6 Å². The van der Waals surface area contributed by atoms with Crippen molar-refractivity contribution in [3.63, 3.8) is 0 Å². The number of carbonyl (C=O) groups excluding carboxylic acids is 1. The van der Waals surface area contributed by atoms with Gasteiger partial charge in [-0.1, -0.05) is 0 Å². The highest BCUT2D eigenvalue weighted by Crippen LogP contribution is 2.33. The van der Waals surface area contributed by atoms with E-state index in [-0.39, 0.29) is 17.0 Å². The smallest absolute Gasteiger partial charge is 0.254 e. The van der Waals surface area contributed by atoms with Crippen LogP contribution in [0.3, 0.4) is 0 Å². The molecule has 0 spiro atoms. The summed E-state index contributed by atoms with van der Waals surface area (Å²) in [6, 6.07) is 8.77. The normalized spacial score (nSPS) is 14.0. The molecule has 1 atom stereocenters. The van der Waals surface area contributed by atoms with Crippen molar-refractivity contribution in [2.75, 3.05) is 11.9 Å².